The van der Waals surface area contributed by atoms with E-state index in [0.29, 0.717) is 11.0 Å². The minimum absolute atomic E-state index is 0.0719. The first-order valence-electron chi connectivity index (χ1n) is 6.77. The van der Waals surface area contributed by atoms with Crippen LogP contribution in [0.5, 0.6) is 0 Å². The monoisotopic (exact) mass is 310 g/mol. The summed E-state index contributed by atoms with van der Waals surface area (Å²) in [5.74, 6) is 0.835. The lowest BCUT2D eigenvalue weighted by Crippen LogP contribution is -2.36. The fraction of sp³-hybridized carbons (Fsp3) is 0.500. The number of thiocarbonyl (C=S) groups is 1. The quantitative estimate of drug-likeness (QED) is 0.842. The Labute approximate surface area is 125 Å². The lowest BCUT2D eigenvalue weighted by Gasteiger charge is -2.23. The molecule has 0 aromatic heterocycles. The van der Waals surface area contributed by atoms with Gasteiger partial charge in [0.25, 0.3) is 0 Å². The summed E-state index contributed by atoms with van der Waals surface area (Å²) < 4.78 is 23.5. The SMILES string of the molecule is CC(C)c1ccc(N2C(=S)N[C@@H]3CS(=O)(=O)C[C@H]32)cc1. The van der Waals surface area contributed by atoms with Gasteiger partial charge in [0.2, 0.25) is 0 Å². The number of hydrogen-bond donors (Lipinski definition) is 1. The number of nitrogens with one attached hydrogen (secondary N) is 1. The third-order valence-corrected chi connectivity index (χ3v) is 6.05. The van der Waals surface area contributed by atoms with Crippen molar-refractivity contribution in [2.45, 2.75) is 31.8 Å². The van der Waals surface area contributed by atoms with Gasteiger partial charge in [-0.15, -0.1) is 0 Å². The molecule has 2 atom stereocenters. The van der Waals surface area contributed by atoms with Gasteiger partial charge in [0.05, 0.1) is 23.6 Å². The number of sulfone groups is 1. The van der Waals surface area contributed by atoms with Crippen LogP contribution in [0.15, 0.2) is 24.3 Å². The van der Waals surface area contributed by atoms with Crippen molar-refractivity contribution < 1.29 is 8.42 Å². The Hall–Kier alpha value is -1.14. The second-order valence-corrected chi connectivity index (χ2v) is 8.36. The lowest BCUT2D eigenvalue weighted by atomic mass is 10.0. The van der Waals surface area contributed by atoms with Crippen LogP contribution in [-0.2, 0) is 9.84 Å². The zero-order valence-electron chi connectivity index (χ0n) is 11.5. The number of hydrogen-bond acceptors (Lipinski definition) is 3. The van der Waals surface area contributed by atoms with Crippen LogP contribution >= 0.6 is 12.2 Å². The summed E-state index contributed by atoms with van der Waals surface area (Å²) in [7, 11) is -2.96. The van der Waals surface area contributed by atoms with Gasteiger partial charge < -0.3 is 10.2 Å². The molecule has 0 radical (unpaired) electrons. The van der Waals surface area contributed by atoms with Crippen LogP contribution in [-0.4, -0.2) is 37.1 Å². The van der Waals surface area contributed by atoms with E-state index in [1.165, 1.54) is 5.56 Å². The molecular weight excluding hydrogens is 292 g/mol. The Morgan fingerprint density at radius 1 is 1.25 bits per heavy atom. The predicted molar refractivity (Wildman–Crippen MR) is 85.0 cm³/mol. The molecule has 2 aliphatic heterocycles. The van der Waals surface area contributed by atoms with E-state index in [1.54, 1.807) is 0 Å². The van der Waals surface area contributed by atoms with Gasteiger partial charge in [-0.3, -0.25) is 0 Å². The van der Waals surface area contributed by atoms with Crippen molar-refractivity contribution in [3.63, 3.8) is 0 Å². The van der Waals surface area contributed by atoms with E-state index < -0.39 is 9.84 Å². The maximum Gasteiger partial charge on any atom is 0.174 e. The lowest BCUT2D eigenvalue weighted by molar-refractivity contribution is 0.600. The normalized spacial score (nSPS) is 27.8. The molecular formula is C14H18N2O2S2. The van der Waals surface area contributed by atoms with Crippen molar-refractivity contribution in [3.8, 4) is 0 Å². The van der Waals surface area contributed by atoms with E-state index in [-0.39, 0.29) is 23.6 Å². The molecule has 1 aromatic rings. The number of rotatable bonds is 2. The smallest absolute Gasteiger partial charge is 0.174 e. The van der Waals surface area contributed by atoms with Crippen LogP contribution in [0.2, 0.25) is 0 Å². The van der Waals surface area contributed by atoms with Gasteiger partial charge in [-0.1, -0.05) is 26.0 Å². The maximum atomic E-state index is 11.8. The van der Waals surface area contributed by atoms with Crippen molar-refractivity contribution in [2.75, 3.05) is 16.4 Å². The molecule has 0 aliphatic carbocycles. The van der Waals surface area contributed by atoms with Crippen molar-refractivity contribution >= 4 is 32.9 Å². The standard InChI is InChI=1S/C14H18N2O2S2/c1-9(2)10-3-5-11(6-4-10)16-13-8-20(17,18)7-12(13)15-14(16)19/h3-6,9,12-13H,7-8H2,1-2H3,(H,15,19)/t12-,13-/m1/s1. The first-order valence-corrected chi connectivity index (χ1v) is 9.00. The molecule has 0 saturated carbocycles. The molecule has 0 spiro atoms. The fourth-order valence-corrected chi connectivity index (χ4v) is 5.21. The van der Waals surface area contributed by atoms with Crippen LogP contribution in [0.3, 0.4) is 0 Å². The second-order valence-electron chi connectivity index (χ2n) is 5.82. The topological polar surface area (TPSA) is 49.4 Å². The molecule has 0 amide bonds. The van der Waals surface area contributed by atoms with Crippen molar-refractivity contribution in [1.29, 1.82) is 0 Å². The summed E-state index contributed by atoms with van der Waals surface area (Å²) in [5, 5.41) is 3.77. The van der Waals surface area contributed by atoms with Crippen molar-refractivity contribution in [1.82, 2.24) is 5.32 Å². The molecule has 1 N–H and O–H groups in total. The molecule has 20 heavy (non-hydrogen) atoms. The van der Waals surface area contributed by atoms with E-state index in [2.05, 4.69) is 31.3 Å². The fourth-order valence-electron chi connectivity index (χ4n) is 2.93. The van der Waals surface area contributed by atoms with Crippen LogP contribution in [0.25, 0.3) is 0 Å². The van der Waals surface area contributed by atoms with Crippen molar-refractivity contribution in [2.24, 2.45) is 0 Å². The first kappa shape index (κ1) is 13.8. The van der Waals surface area contributed by atoms with Crippen LogP contribution in [0, 0.1) is 0 Å². The summed E-state index contributed by atoms with van der Waals surface area (Å²) in [6.45, 7) is 4.30. The highest BCUT2D eigenvalue weighted by molar-refractivity contribution is 7.91. The average molecular weight is 310 g/mol. The van der Waals surface area contributed by atoms with Gasteiger partial charge in [-0.25, -0.2) is 8.42 Å². The van der Waals surface area contributed by atoms with Gasteiger partial charge in [0, 0.05) is 5.69 Å². The van der Waals surface area contributed by atoms with Gasteiger partial charge in [0.1, 0.15) is 0 Å². The van der Waals surface area contributed by atoms with E-state index in [9.17, 15) is 8.42 Å². The summed E-state index contributed by atoms with van der Waals surface area (Å²) in [6.07, 6.45) is 0. The van der Waals surface area contributed by atoms with Crippen molar-refractivity contribution in [3.05, 3.63) is 29.8 Å². The summed E-state index contributed by atoms with van der Waals surface area (Å²) in [5.41, 5.74) is 2.24. The molecule has 108 valence electrons. The van der Waals surface area contributed by atoms with E-state index in [4.69, 9.17) is 12.2 Å². The molecule has 2 saturated heterocycles. The summed E-state index contributed by atoms with van der Waals surface area (Å²) in [4.78, 5) is 1.95. The van der Waals surface area contributed by atoms with Gasteiger partial charge in [0.15, 0.2) is 14.9 Å². The summed E-state index contributed by atoms with van der Waals surface area (Å²) >= 11 is 5.36. The number of anilines is 1. The van der Waals surface area contributed by atoms with Gasteiger partial charge in [-0.2, -0.15) is 0 Å². The first-order chi connectivity index (χ1) is 9.37. The zero-order valence-corrected chi connectivity index (χ0v) is 13.2. The Bertz CT molecular complexity index is 638. The average Bonchev–Trinajstić information content (AvgIpc) is 2.79. The highest BCUT2D eigenvalue weighted by Crippen LogP contribution is 2.30. The van der Waals surface area contributed by atoms with E-state index in [1.807, 2.05) is 17.0 Å². The van der Waals surface area contributed by atoms with Gasteiger partial charge in [-0.05, 0) is 35.8 Å². The van der Waals surface area contributed by atoms with E-state index in [0.717, 1.165) is 5.69 Å². The van der Waals surface area contributed by atoms with Crippen LogP contribution in [0.4, 0.5) is 5.69 Å². The highest BCUT2D eigenvalue weighted by Gasteiger charge is 2.47. The molecule has 1 aromatic carbocycles. The second kappa shape index (κ2) is 4.70. The molecule has 6 heteroatoms. The van der Waals surface area contributed by atoms with Crippen LogP contribution < -0.4 is 10.2 Å². The Balaban J connectivity index is 1.91. The Morgan fingerprint density at radius 2 is 1.90 bits per heavy atom. The molecule has 0 bridgehead atoms. The molecule has 2 fully saturated rings. The Kier molecular flexibility index (Phi) is 3.25. The van der Waals surface area contributed by atoms with Gasteiger partial charge >= 0.3 is 0 Å². The van der Waals surface area contributed by atoms with E-state index >= 15 is 0 Å². The highest BCUT2D eigenvalue weighted by atomic mass is 32.2. The summed E-state index contributed by atoms with van der Waals surface area (Å²) in [6, 6.07) is 8.07. The number of benzene rings is 1. The number of fused-ring (bicyclic) bond motifs is 1. The molecule has 3 rings (SSSR count). The predicted octanol–water partition coefficient (Wildman–Crippen LogP) is 1.67. The molecule has 0 unspecified atom stereocenters. The molecule has 2 heterocycles. The third kappa shape index (κ3) is 2.31. The maximum absolute atomic E-state index is 11.8. The zero-order chi connectivity index (χ0) is 14.5. The molecule has 2 aliphatic rings. The molecule has 4 nitrogen and oxygen atoms in total. The minimum atomic E-state index is -2.96. The minimum Gasteiger partial charge on any atom is -0.356 e. The Morgan fingerprint density at radius 3 is 2.50 bits per heavy atom. The largest absolute Gasteiger partial charge is 0.356 e. The van der Waals surface area contributed by atoms with Crippen LogP contribution in [0.1, 0.15) is 25.3 Å². The number of nitrogens with zero attached hydrogens (tertiary/aromatic N) is 1. The third-order valence-electron chi connectivity index (χ3n) is 4.02.